The summed E-state index contributed by atoms with van der Waals surface area (Å²) in [7, 11) is 0. The zero-order valence-corrected chi connectivity index (χ0v) is 17.1. The molecule has 1 aromatic carbocycles. The highest BCUT2D eigenvalue weighted by molar-refractivity contribution is 5.87. The van der Waals surface area contributed by atoms with Crippen LogP contribution in [0.4, 0.5) is 8.78 Å². The van der Waals surface area contributed by atoms with Crippen LogP contribution < -0.4 is 0 Å². The van der Waals surface area contributed by atoms with Crippen LogP contribution in [0.3, 0.4) is 0 Å². The topological polar surface area (TPSA) is 77.8 Å². The molecule has 1 amide bonds. The van der Waals surface area contributed by atoms with Gasteiger partial charge in [0, 0.05) is 25.8 Å². The largest absolute Gasteiger partial charge is 0.478 e. The number of benzene rings is 1. The smallest absolute Gasteiger partial charge is 0.335 e. The standard InChI is InChI=1S/C23H27F2NO4/c1-3-4-5-6-16(2)20(27)12-11-19-15-23(24,25)22(30)26(19)14-13-17-7-9-18(10-8-17)21(28)29/h7-12,16,19-20,27H,3,6,13-15H2,1-2H3,(H,28,29)/t16-,19-,20-/m0/s1. The summed E-state index contributed by atoms with van der Waals surface area (Å²) in [5.74, 6) is 0.0181. The molecule has 1 fully saturated rings. The van der Waals surface area contributed by atoms with Crippen molar-refractivity contribution < 1.29 is 28.6 Å². The number of nitrogens with zero attached hydrogens (tertiary/aromatic N) is 1. The molecule has 1 aliphatic rings. The van der Waals surface area contributed by atoms with E-state index < -0.39 is 36.4 Å². The van der Waals surface area contributed by atoms with Crippen molar-refractivity contribution in [1.82, 2.24) is 4.90 Å². The number of hydrogen-bond acceptors (Lipinski definition) is 3. The highest BCUT2D eigenvalue weighted by Crippen LogP contribution is 2.34. The van der Waals surface area contributed by atoms with E-state index in [9.17, 15) is 23.5 Å². The van der Waals surface area contributed by atoms with Crippen LogP contribution in [0, 0.1) is 17.8 Å². The molecule has 0 spiro atoms. The number of carboxylic acid groups (broad SMARTS) is 1. The number of aliphatic hydroxyl groups is 1. The maximum atomic E-state index is 14.0. The molecule has 0 unspecified atom stereocenters. The van der Waals surface area contributed by atoms with Gasteiger partial charge in [-0.1, -0.05) is 38.1 Å². The molecular formula is C23H27F2NO4. The van der Waals surface area contributed by atoms with Crippen molar-refractivity contribution in [2.24, 2.45) is 5.92 Å². The average Bonchev–Trinajstić information content (AvgIpc) is 2.93. The molecule has 1 aromatic rings. The first-order valence-corrected chi connectivity index (χ1v) is 9.99. The lowest BCUT2D eigenvalue weighted by Crippen LogP contribution is -2.37. The Hall–Kier alpha value is -2.72. The molecule has 1 saturated heterocycles. The first kappa shape index (κ1) is 23.6. The molecule has 0 radical (unpaired) electrons. The number of aliphatic hydroxyl groups excluding tert-OH is 1. The van der Waals surface area contributed by atoms with Gasteiger partial charge in [-0.3, -0.25) is 4.79 Å². The Bertz CT molecular complexity index is 839. The third-order valence-corrected chi connectivity index (χ3v) is 5.12. The number of aromatic carboxylic acids is 1. The predicted molar refractivity (Wildman–Crippen MR) is 109 cm³/mol. The lowest BCUT2D eigenvalue weighted by molar-refractivity contribution is -0.148. The van der Waals surface area contributed by atoms with Crippen molar-refractivity contribution in [3.8, 4) is 11.8 Å². The Balaban J connectivity index is 2.04. The third-order valence-electron chi connectivity index (χ3n) is 5.12. The zero-order chi connectivity index (χ0) is 22.3. The van der Waals surface area contributed by atoms with E-state index in [1.807, 2.05) is 13.8 Å². The minimum absolute atomic E-state index is 0.0729. The molecular weight excluding hydrogens is 392 g/mol. The van der Waals surface area contributed by atoms with Crippen LogP contribution >= 0.6 is 0 Å². The Morgan fingerprint density at radius 2 is 2.00 bits per heavy atom. The van der Waals surface area contributed by atoms with Gasteiger partial charge in [0.05, 0.1) is 17.7 Å². The van der Waals surface area contributed by atoms with Crippen LogP contribution in [0.25, 0.3) is 0 Å². The maximum absolute atomic E-state index is 14.0. The van der Waals surface area contributed by atoms with E-state index in [1.54, 1.807) is 12.1 Å². The van der Waals surface area contributed by atoms with E-state index in [1.165, 1.54) is 24.3 Å². The summed E-state index contributed by atoms with van der Waals surface area (Å²) in [6, 6.07) is 5.28. The van der Waals surface area contributed by atoms with Crippen molar-refractivity contribution in [3.63, 3.8) is 0 Å². The van der Waals surface area contributed by atoms with Gasteiger partial charge in [0.25, 0.3) is 5.91 Å². The normalized spacial score (nSPS) is 20.1. The zero-order valence-electron chi connectivity index (χ0n) is 17.1. The molecule has 0 bridgehead atoms. The quantitative estimate of drug-likeness (QED) is 0.499. The predicted octanol–water partition coefficient (Wildman–Crippen LogP) is 3.52. The van der Waals surface area contributed by atoms with E-state index in [2.05, 4.69) is 11.8 Å². The number of alkyl halides is 2. The monoisotopic (exact) mass is 419 g/mol. The number of carbonyl (C=O) groups excluding carboxylic acids is 1. The molecule has 2 N–H and O–H groups in total. The number of rotatable bonds is 8. The van der Waals surface area contributed by atoms with Gasteiger partial charge in [0.2, 0.25) is 0 Å². The first-order valence-electron chi connectivity index (χ1n) is 9.99. The fraction of sp³-hybridized carbons (Fsp3) is 0.478. The SMILES string of the molecule is CCC#CC[C@H](C)[C@@H](O)C=C[C@H]1CC(F)(F)C(=O)N1CCc1ccc(C(=O)O)cc1. The van der Waals surface area contributed by atoms with Crippen molar-refractivity contribution in [1.29, 1.82) is 0 Å². The van der Waals surface area contributed by atoms with E-state index in [0.717, 1.165) is 16.9 Å². The Labute approximate surface area is 175 Å². The lowest BCUT2D eigenvalue weighted by Gasteiger charge is -2.22. The average molecular weight is 419 g/mol. The summed E-state index contributed by atoms with van der Waals surface area (Å²) in [5.41, 5.74) is 0.879. The van der Waals surface area contributed by atoms with E-state index in [0.29, 0.717) is 12.8 Å². The minimum Gasteiger partial charge on any atom is -0.478 e. The van der Waals surface area contributed by atoms with Crippen LogP contribution in [-0.4, -0.2) is 51.6 Å². The molecule has 162 valence electrons. The highest BCUT2D eigenvalue weighted by Gasteiger charge is 2.52. The molecule has 5 nitrogen and oxygen atoms in total. The number of hydrogen-bond donors (Lipinski definition) is 2. The summed E-state index contributed by atoms with van der Waals surface area (Å²) in [6.45, 7) is 3.83. The van der Waals surface area contributed by atoms with E-state index in [4.69, 9.17) is 5.11 Å². The second kappa shape index (κ2) is 10.4. The maximum Gasteiger partial charge on any atom is 0.335 e. The van der Waals surface area contributed by atoms with Gasteiger partial charge in [-0.2, -0.15) is 8.78 Å². The summed E-state index contributed by atoms with van der Waals surface area (Å²) < 4.78 is 28.0. The molecule has 1 heterocycles. The number of likely N-dealkylation sites (tertiary alicyclic amines) is 1. The molecule has 2 rings (SSSR count). The Morgan fingerprint density at radius 1 is 1.33 bits per heavy atom. The van der Waals surface area contributed by atoms with Gasteiger partial charge in [-0.15, -0.1) is 11.8 Å². The molecule has 0 aromatic heterocycles. The lowest BCUT2D eigenvalue weighted by atomic mass is 9.99. The second-order valence-electron chi connectivity index (χ2n) is 7.49. The molecule has 0 aliphatic carbocycles. The Morgan fingerprint density at radius 3 is 2.60 bits per heavy atom. The molecule has 3 atom stereocenters. The van der Waals surface area contributed by atoms with Gasteiger partial charge in [0.15, 0.2) is 0 Å². The number of halogens is 2. The van der Waals surface area contributed by atoms with Gasteiger partial charge < -0.3 is 15.1 Å². The minimum atomic E-state index is -3.44. The number of carbonyl (C=O) groups is 2. The van der Waals surface area contributed by atoms with Crippen molar-refractivity contribution in [2.75, 3.05) is 6.54 Å². The second-order valence-corrected chi connectivity index (χ2v) is 7.49. The molecule has 30 heavy (non-hydrogen) atoms. The molecule has 1 aliphatic heterocycles. The van der Waals surface area contributed by atoms with E-state index in [-0.39, 0.29) is 18.0 Å². The van der Waals surface area contributed by atoms with Crippen LogP contribution in [0.1, 0.15) is 49.0 Å². The summed E-state index contributed by atoms with van der Waals surface area (Å²) >= 11 is 0. The fourth-order valence-corrected chi connectivity index (χ4v) is 3.23. The van der Waals surface area contributed by atoms with Crippen LogP contribution in [0.15, 0.2) is 36.4 Å². The van der Waals surface area contributed by atoms with Gasteiger partial charge in [0.1, 0.15) is 0 Å². The van der Waals surface area contributed by atoms with Crippen molar-refractivity contribution in [3.05, 3.63) is 47.5 Å². The van der Waals surface area contributed by atoms with Crippen molar-refractivity contribution >= 4 is 11.9 Å². The van der Waals surface area contributed by atoms with Crippen molar-refractivity contribution in [2.45, 2.75) is 57.6 Å². The third kappa shape index (κ3) is 6.14. The summed E-state index contributed by atoms with van der Waals surface area (Å²) in [5, 5.41) is 19.2. The fourth-order valence-electron chi connectivity index (χ4n) is 3.23. The van der Waals surface area contributed by atoms with Gasteiger partial charge in [-0.25, -0.2) is 4.79 Å². The molecule has 7 heteroatoms. The van der Waals surface area contributed by atoms with Crippen LogP contribution in [-0.2, 0) is 11.2 Å². The summed E-state index contributed by atoms with van der Waals surface area (Å²) in [6.07, 6.45) is 3.01. The van der Waals surface area contributed by atoms with E-state index >= 15 is 0 Å². The summed E-state index contributed by atoms with van der Waals surface area (Å²) in [4.78, 5) is 24.2. The molecule has 0 saturated carbocycles. The Kier molecular flexibility index (Phi) is 8.13. The first-order chi connectivity index (χ1) is 14.2. The number of amides is 1. The van der Waals surface area contributed by atoms with Crippen LogP contribution in [0.5, 0.6) is 0 Å². The van der Waals surface area contributed by atoms with Crippen LogP contribution in [0.2, 0.25) is 0 Å². The van der Waals surface area contributed by atoms with Gasteiger partial charge in [-0.05, 0) is 30.0 Å². The highest BCUT2D eigenvalue weighted by atomic mass is 19.3. The number of carboxylic acids is 1. The van der Waals surface area contributed by atoms with Gasteiger partial charge >= 0.3 is 11.9 Å².